The molecule has 0 saturated heterocycles. The maximum Gasteiger partial charge on any atom is 0.338 e. The molecule has 2 aromatic carbocycles. The SMILES string of the molecule is O=C(O)c1cccc2oc(-c3cc(Br)ccc3F)nc12. The first kappa shape index (κ1) is 12.8. The molecule has 1 N–H and O–H groups in total. The summed E-state index contributed by atoms with van der Waals surface area (Å²) < 4.78 is 19.9. The van der Waals surface area contributed by atoms with Crippen molar-refractivity contribution in [2.45, 2.75) is 0 Å². The summed E-state index contributed by atoms with van der Waals surface area (Å²) in [7, 11) is 0. The highest BCUT2D eigenvalue weighted by Crippen LogP contribution is 2.29. The lowest BCUT2D eigenvalue weighted by atomic mass is 10.2. The molecule has 3 rings (SSSR count). The number of rotatable bonds is 2. The largest absolute Gasteiger partial charge is 0.478 e. The van der Waals surface area contributed by atoms with Gasteiger partial charge in [0.25, 0.3) is 0 Å². The van der Waals surface area contributed by atoms with Crippen LogP contribution >= 0.6 is 15.9 Å². The first-order valence-corrected chi connectivity index (χ1v) is 6.44. The van der Waals surface area contributed by atoms with Crippen molar-refractivity contribution in [3.05, 3.63) is 52.3 Å². The fourth-order valence-electron chi connectivity index (χ4n) is 1.90. The van der Waals surface area contributed by atoms with Gasteiger partial charge in [0.1, 0.15) is 11.3 Å². The minimum Gasteiger partial charge on any atom is -0.478 e. The number of benzene rings is 2. The van der Waals surface area contributed by atoms with Gasteiger partial charge in [0.15, 0.2) is 5.58 Å². The van der Waals surface area contributed by atoms with Crippen LogP contribution in [0.25, 0.3) is 22.6 Å². The van der Waals surface area contributed by atoms with E-state index in [-0.39, 0.29) is 22.5 Å². The highest BCUT2D eigenvalue weighted by Gasteiger charge is 2.17. The Hall–Kier alpha value is -2.21. The van der Waals surface area contributed by atoms with Gasteiger partial charge in [-0.15, -0.1) is 0 Å². The van der Waals surface area contributed by atoms with Crippen LogP contribution in [0, 0.1) is 5.82 Å². The molecule has 0 saturated carbocycles. The smallest absolute Gasteiger partial charge is 0.338 e. The zero-order chi connectivity index (χ0) is 14.3. The monoisotopic (exact) mass is 335 g/mol. The van der Waals surface area contributed by atoms with Gasteiger partial charge in [-0.05, 0) is 30.3 Å². The van der Waals surface area contributed by atoms with Crippen molar-refractivity contribution in [1.82, 2.24) is 4.98 Å². The zero-order valence-electron chi connectivity index (χ0n) is 9.93. The van der Waals surface area contributed by atoms with Crippen molar-refractivity contribution in [2.75, 3.05) is 0 Å². The third-order valence-electron chi connectivity index (χ3n) is 2.81. The summed E-state index contributed by atoms with van der Waals surface area (Å²) in [6.07, 6.45) is 0. The molecule has 1 aromatic heterocycles. The summed E-state index contributed by atoms with van der Waals surface area (Å²) in [6, 6.07) is 8.94. The minimum absolute atomic E-state index is 0.0212. The molecule has 0 atom stereocenters. The summed E-state index contributed by atoms with van der Waals surface area (Å²) in [5, 5.41) is 9.10. The number of halogens is 2. The Morgan fingerprint density at radius 3 is 2.85 bits per heavy atom. The molecule has 0 fully saturated rings. The van der Waals surface area contributed by atoms with Gasteiger partial charge in [-0.2, -0.15) is 0 Å². The summed E-state index contributed by atoms with van der Waals surface area (Å²) in [6.45, 7) is 0. The topological polar surface area (TPSA) is 63.3 Å². The van der Waals surface area contributed by atoms with E-state index in [1.807, 2.05) is 0 Å². The van der Waals surface area contributed by atoms with E-state index in [1.54, 1.807) is 18.2 Å². The van der Waals surface area contributed by atoms with Crippen LogP contribution in [0.3, 0.4) is 0 Å². The third-order valence-corrected chi connectivity index (χ3v) is 3.30. The first-order valence-electron chi connectivity index (χ1n) is 5.64. The second-order valence-corrected chi connectivity index (χ2v) is 5.02. The van der Waals surface area contributed by atoms with Crippen molar-refractivity contribution in [3.8, 4) is 11.5 Å². The molecule has 0 amide bonds. The van der Waals surface area contributed by atoms with E-state index in [4.69, 9.17) is 9.52 Å². The van der Waals surface area contributed by atoms with Crippen molar-refractivity contribution < 1.29 is 18.7 Å². The van der Waals surface area contributed by atoms with Gasteiger partial charge < -0.3 is 9.52 Å². The Bertz CT molecular complexity index is 828. The molecule has 3 aromatic rings. The number of carboxylic acid groups (broad SMARTS) is 1. The number of aromatic carboxylic acids is 1. The van der Waals surface area contributed by atoms with E-state index in [0.29, 0.717) is 10.1 Å². The van der Waals surface area contributed by atoms with E-state index >= 15 is 0 Å². The second-order valence-electron chi connectivity index (χ2n) is 4.10. The highest BCUT2D eigenvalue weighted by atomic mass is 79.9. The lowest BCUT2D eigenvalue weighted by Gasteiger charge is -1.98. The predicted octanol–water partition coefficient (Wildman–Crippen LogP) is 4.09. The van der Waals surface area contributed by atoms with Crippen molar-refractivity contribution in [2.24, 2.45) is 0 Å². The fourth-order valence-corrected chi connectivity index (χ4v) is 2.26. The van der Waals surface area contributed by atoms with E-state index in [1.165, 1.54) is 18.2 Å². The van der Waals surface area contributed by atoms with E-state index in [2.05, 4.69) is 20.9 Å². The molecule has 0 aliphatic heterocycles. The number of nitrogens with zero attached hydrogens (tertiary/aromatic N) is 1. The summed E-state index contributed by atoms with van der Waals surface area (Å²) in [5.74, 6) is -1.55. The number of carboxylic acids is 1. The molecule has 4 nitrogen and oxygen atoms in total. The van der Waals surface area contributed by atoms with Gasteiger partial charge in [0.2, 0.25) is 5.89 Å². The van der Waals surface area contributed by atoms with Crippen molar-refractivity contribution in [1.29, 1.82) is 0 Å². The molecule has 0 unspecified atom stereocenters. The molecule has 0 aliphatic carbocycles. The van der Waals surface area contributed by atoms with Gasteiger partial charge >= 0.3 is 5.97 Å². The molecule has 20 heavy (non-hydrogen) atoms. The summed E-state index contributed by atoms with van der Waals surface area (Å²) in [4.78, 5) is 15.2. The normalized spacial score (nSPS) is 10.9. The van der Waals surface area contributed by atoms with Crippen LogP contribution in [-0.2, 0) is 0 Å². The quantitative estimate of drug-likeness (QED) is 0.765. The molecule has 6 heteroatoms. The van der Waals surface area contributed by atoms with Crippen molar-refractivity contribution >= 4 is 33.0 Å². The number of aromatic nitrogens is 1. The molecular weight excluding hydrogens is 329 g/mol. The molecule has 0 aliphatic rings. The number of hydrogen-bond donors (Lipinski definition) is 1. The molecular formula is C14H7BrFNO3. The Morgan fingerprint density at radius 1 is 1.30 bits per heavy atom. The number of hydrogen-bond acceptors (Lipinski definition) is 3. The molecule has 100 valence electrons. The minimum atomic E-state index is -1.11. The summed E-state index contributed by atoms with van der Waals surface area (Å²) in [5.41, 5.74) is 0.702. The van der Waals surface area contributed by atoms with E-state index < -0.39 is 11.8 Å². The van der Waals surface area contributed by atoms with E-state index in [0.717, 1.165) is 0 Å². The highest BCUT2D eigenvalue weighted by molar-refractivity contribution is 9.10. The number of para-hydroxylation sites is 1. The lowest BCUT2D eigenvalue weighted by molar-refractivity contribution is 0.0699. The lowest BCUT2D eigenvalue weighted by Crippen LogP contribution is -1.96. The molecule has 0 radical (unpaired) electrons. The van der Waals surface area contributed by atoms with Gasteiger partial charge in [-0.1, -0.05) is 22.0 Å². The van der Waals surface area contributed by atoms with Crippen LogP contribution in [-0.4, -0.2) is 16.1 Å². The van der Waals surface area contributed by atoms with Gasteiger partial charge in [-0.25, -0.2) is 14.2 Å². The van der Waals surface area contributed by atoms with Crippen LogP contribution in [0.15, 0.2) is 45.3 Å². The van der Waals surface area contributed by atoms with Crippen LogP contribution in [0.5, 0.6) is 0 Å². The zero-order valence-corrected chi connectivity index (χ0v) is 11.5. The van der Waals surface area contributed by atoms with Crippen LogP contribution < -0.4 is 0 Å². The third kappa shape index (κ3) is 2.08. The van der Waals surface area contributed by atoms with E-state index in [9.17, 15) is 9.18 Å². The number of fused-ring (bicyclic) bond motifs is 1. The second kappa shape index (κ2) is 4.72. The average Bonchev–Trinajstić information content (AvgIpc) is 2.84. The fraction of sp³-hybridized carbons (Fsp3) is 0. The Morgan fingerprint density at radius 2 is 2.10 bits per heavy atom. The number of carbonyl (C=O) groups is 1. The standard InChI is InChI=1S/C14H7BrFNO3/c15-7-4-5-10(16)9(6-7)13-17-12-8(14(18)19)2-1-3-11(12)20-13/h1-6H,(H,18,19). The Labute approximate surface area is 121 Å². The van der Waals surface area contributed by atoms with Gasteiger partial charge in [-0.3, -0.25) is 0 Å². The maximum absolute atomic E-state index is 13.8. The predicted molar refractivity (Wildman–Crippen MR) is 74.1 cm³/mol. The van der Waals surface area contributed by atoms with Gasteiger partial charge in [0.05, 0.1) is 11.1 Å². The average molecular weight is 336 g/mol. The molecule has 1 heterocycles. The first-order chi connectivity index (χ1) is 9.56. The van der Waals surface area contributed by atoms with Gasteiger partial charge in [0, 0.05) is 4.47 Å². The van der Waals surface area contributed by atoms with Crippen LogP contribution in [0.4, 0.5) is 4.39 Å². The van der Waals surface area contributed by atoms with Crippen LogP contribution in [0.2, 0.25) is 0 Å². The Balaban J connectivity index is 2.26. The Kier molecular flexibility index (Phi) is 3.02. The van der Waals surface area contributed by atoms with Crippen LogP contribution in [0.1, 0.15) is 10.4 Å². The maximum atomic E-state index is 13.8. The molecule has 0 spiro atoms. The van der Waals surface area contributed by atoms with Crippen molar-refractivity contribution in [3.63, 3.8) is 0 Å². The summed E-state index contributed by atoms with van der Waals surface area (Å²) >= 11 is 3.24. The number of oxazole rings is 1. The molecule has 0 bridgehead atoms.